The molecule has 2 atom stereocenters. The van der Waals surface area contributed by atoms with Crippen LogP contribution in [0.2, 0.25) is 5.02 Å². The van der Waals surface area contributed by atoms with Crippen molar-refractivity contribution in [3.63, 3.8) is 0 Å². The van der Waals surface area contributed by atoms with Crippen LogP contribution >= 0.6 is 11.6 Å². The number of hydrogen-bond donors (Lipinski definition) is 2. The molecule has 1 amide bonds. The van der Waals surface area contributed by atoms with Crippen LogP contribution in [-0.4, -0.2) is 18.5 Å². The SMILES string of the molecule is Cc1ccc(Cl)cc1NC(=O)CNC1CCCCC1C. The summed E-state index contributed by atoms with van der Waals surface area (Å²) in [5, 5.41) is 6.94. The molecule has 110 valence electrons. The molecular weight excluding hydrogens is 272 g/mol. The highest BCUT2D eigenvalue weighted by atomic mass is 35.5. The Kier molecular flexibility index (Phi) is 5.44. The minimum atomic E-state index is -0.00635. The van der Waals surface area contributed by atoms with Gasteiger partial charge in [-0.25, -0.2) is 0 Å². The number of amides is 1. The fraction of sp³-hybridized carbons (Fsp3) is 0.562. The van der Waals surface area contributed by atoms with Gasteiger partial charge in [0.15, 0.2) is 0 Å². The monoisotopic (exact) mass is 294 g/mol. The molecule has 1 aliphatic rings. The van der Waals surface area contributed by atoms with E-state index in [1.165, 1.54) is 25.7 Å². The smallest absolute Gasteiger partial charge is 0.238 e. The summed E-state index contributed by atoms with van der Waals surface area (Å²) >= 11 is 5.95. The molecule has 2 N–H and O–H groups in total. The van der Waals surface area contributed by atoms with Gasteiger partial charge in [0.25, 0.3) is 0 Å². The molecule has 2 rings (SSSR count). The lowest BCUT2D eigenvalue weighted by Gasteiger charge is -2.29. The number of carbonyl (C=O) groups excluding carboxylic acids is 1. The highest BCUT2D eigenvalue weighted by Gasteiger charge is 2.21. The number of aryl methyl sites for hydroxylation is 1. The lowest BCUT2D eigenvalue weighted by Crippen LogP contribution is -2.41. The summed E-state index contributed by atoms with van der Waals surface area (Å²) in [6, 6.07) is 6.00. The fourth-order valence-electron chi connectivity index (χ4n) is 2.77. The van der Waals surface area contributed by atoms with Crippen LogP contribution in [0.25, 0.3) is 0 Å². The fourth-order valence-corrected chi connectivity index (χ4v) is 2.94. The summed E-state index contributed by atoms with van der Waals surface area (Å²) in [5.41, 5.74) is 1.81. The first-order valence-electron chi connectivity index (χ1n) is 7.35. The molecule has 1 saturated carbocycles. The maximum atomic E-state index is 12.0. The normalized spacial score (nSPS) is 22.6. The highest BCUT2D eigenvalue weighted by Crippen LogP contribution is 2.23. The first-order valence-corrected chi connectivity index (χ1v) is 7.73. The largest absolute Gasteiger partial charge is 0.325 e. The van der Waals surface area contributed by atoms with E-state index in [2.05, 4.69) is 17.6 Å². The number of carbonyl (C=O) groups is 1. The molecule has 3 nitrogen and oxygen atoms in total. The third-order valence-corrected chi connectivity index (χ3v) is 4.35. The molecule has 4 heteroatoms. The topological polar surface area (TPSA) is 41.1 Å². The van der Waals surface area contributed by atoms with Crippen molar-refractivity contribution in [2.24, 2.45) is 5.92 Å². The Morgan fingerprint density at radius 3 is 2.85 bits per heavy atom. The van der Waals surface area contributed by atoms with Gasteiger partial charge < -0.3 is 10.6 Å². The van der Waals surface area contributed by atoms with E-state index >= 15 is 0 Å². The number of anilines is 1. The van der Waals surface area contributed by atoms with Gasteiger partial charge in [-0.3, -0.25) is 4.79 Å². The molecule has 2 unspecified atom stereocenters. The van der Waals surface area contributed by atoms with Crippen LogP contribution in [0.3, 0.4) is 0 Å². The van der Waals surface area contributed by atoms with Gasteiger partial charge in [-0.15, -0.1) is 0 Å². The van der Waals surface area contributed by atoms with Crippen LogP contribution in [-0.2, 0) is 4.79 Å². The minimum absolute atomic E-state index is 0.00635. The summed E-state index contributed by atoms with van der Waals surface area (Å²) in [6.07, 6.45) is 5.00. The molecule has 0 aliphatic heterocycles. The summed E-state index contributed by atoms with van der Waals surface area (Å²) in [5.74, 6) is 0.651. The van der Waals surface area contributed by atoms with Gasteiger partial charge >= 0.3 is 0 Å². The molecule has 0 bridgehead atoms. The number of benzene rings is 1. The molecule has 1 aliphatic carbocycles. The molecule has 0 heterocycles. The Hall–Kier alpha value is -1.06. The van der Waals surface area contributed by atoms with Crippen molar-refractivity contribution < 1.29 is 4.79 Å². The molecule has 0 radical (unpaired) electrons. The van der Waals surface area contributed by atoms with Crippen LogP contribution in [0.1, 0.15) is 38.2 Å². The average Bonchev–Trinajstić information content (AvgIpc) is 2.42. The number of halogens is 1. The van der Waals surface area contributed by atoms with Crippen LogP contribution < -0.4 is 10.6 Å². The summed E-state index contributed by atoms with van der Waals surface area (Å²) in [4.78, 5) is 12.0. The van der Waals surface area contributed by atoms with Crippen molar-refractivity contribution in [1.82, 2.24) is 5.32 Å². The van der Waals surface area contributed by atoms with Crippen molar-refractivity contribution in [3.8, 4) is 0 Å². The first kappa shape index (κ1) is 15.3. The Morgan fingerprint density at radius 1 is 1.35 bits per heavy atom. The Balaban J connectivity index is 1.84. The minimum Gasteiger partial charge on any atom is -0.325 e. The summed E-state index contributed by atoms with van der Waals surface area (Å²) < 4.78 is 0. The molecule has 0 aromatic heterocycles. The maximum absolute atomic E-state index is 12.0. The van der Waals surface area contributed by atoms with Crippen molar-refractivity contribution >= 4 is 23.2 Å². The van der Waals surface area contributed by atoms with E-state index in [1.54, 1.807) is 6.07 Å². The van der Waals surface area contributed by atoms with Crippen LogP contribution in [0.15, 0.2) is 18.2 Å². The van der Waals surface area contributed by atoms with E-state index in [1.807, 2.05) is 19.1 Å². The molecule has 0 saturated heterocycles. The van der Waals surface area contributed by atoms with Gasteiger partial charge in [0.1, 0.15) is 0 Å². The van der Waals surface area contributed by atoms with E-state index in [-0.39, 0.29) is 5.91 Å². The van der Waals surface area contributed by atoms with Gasteiger partial charge in [-0.2, -0.15) is 0 Å². The quantitative estimate of drug-likeness (QED) is 0.888. The van der Waals surface area contributed by atoms with Gasteiger partial charge in [0.05, 0.1) is 6.54 Å². The van der Waals surface area contributed by atoms with Crippen molar-refractivity contribution in [3.05, 3.63) is 28.8 Å². The Labute approximate surface area is 126 Å². The predicted octanol–water partition coefficient (Wildman–Crippen LogP) is 3.76. The summed E-state index contributed by atoms with van der Waals surface area (Å²) in [7, 11) is 0. The maximum Gasteiger partial charge on any atom is 0.238 e. The van der Waals surface area contributed by atoms with Crippen molar-refractivity contribution in [2.45, 2.75) is 45.6 Å². The zero-order valence-electron chi connectivity index (χ0n) is 12.2. The van der Waals surface area contributed by atoms with Crippen molar-refractivity contribution in [2.75, 3.05) is 11.9 Å². The van der Waals surface area contributed by atoms with E-state index < -0.39 is 0 Å². The standard InChI is InChI=1S/C16H23ClN2O/c1-11-5-3-4-6-14(11)18-10-16(20)19-15-9-13(17)8-7-12(15)2/h7-9,11,14,18H,3-6,10H2,1-2H3,(H,19,20). The van der Waals surface area contributed by atoms with Gasteiger partial charge in [0.2, 0.25) is 5.91 Å². The molecule has 0 spiro atoms. The third kappa shape index (κ3) is 4.22. The third-order valence-electron chi connectivity index (χ3n) is 4.11. The molecule has 20 heavy (non-hydrogen) atoms. The second-order valence-corrected chi connectivity index (χ2v) is 6.19. The van der Waals surface area contributed by atoms with Crippen molar-refractivity contribution in [1.29, 1.82) is 0 Å². The van der Waals surface area contributed by atoms with Gasteiger partial charge in [-0.05, 0) is 43.4 Å². The van der Waals surface area contributed by atoms with Gasteiger partial charge in [0, 0.05) is 16.8 Å². The highest BCUT2D eigenvalue weighted by molar-refractivity contribution is 6.31. The second-order valence-electron chi connectivity index (χ2n) is 5.76. The molecule has 1 fully saturated rings. The van der Waals surface area contributed by atoms with E-state index in [0.29, 0.717) is 23.5 Å². The summed E-state index contributed by atoms with van der Waals surface area (Å²) in [6.45, 7) is 4.58. The lowest BCUT2D eigenvalue weighted by atomic mass is 9.86. The van der Waals surface area contributed by atoms with E-state index in [4.69, 9.17) is 11.6 Å². The lowest BCUT2D eigenvalue weighted by molar-refractivity contribution is -0.115. The number of nitrogens with one attached hydrogen (secondary N) is 2. The van der Waals surface area contributed by atoms with Crippen LogP contribution in [0.5, 0.6) is 0 Å². The Morgan fingerprint density at radius 2 is 2.10 bits per heavy atom. The van der Waals surface area contributed by atoms with E-state index in [9.17, 15) is 4.79 Å². The molecule has 1 aromatic carbocycles. The molecule has 1 aromatic rings. The number of hydrogen-bond acceptors (Lipinski definition) is 2. The Bertz CT molecular complexity index is 476. The zero-order valence-corrected chi connectivity index (χ0v) is 13.0. The molecular formula is C16H23ClN2O. The van der Waals surface area contributed by atoms with E-state index in [0.717, 1.165) is 11.3 Å². The first-order chi connectivity index (χ1) is 9.56. The van der Waals surface area contributed by atoms with Gasteiger partial charge in [-0.1, -0.05) is 37.4 Å². The average molecular weight is 295 g/mol. The van der Waals surface area contributed by atoms with Crippen LogP contribution in [0, 0.1) is 12.8 Å². The van der Waals surface area contributed by atoms with Crippen LogP contribution in [0.4, 0.5) is 5.69 Å². The predicted molar refractivity (Wildman–Crippen MR) is 84.2 cm³/mol. The number of rotatable bonds is 4. The second kappa shape index (κ2) is 7.09. The zero-order chi connectivity index (χ0) is 14.5.